The number of rotatable bonds is 9. The number of aliphatic hydroxyl groups is 1. The highest BCUT2D eigenvalue weighted by atomic mass is 16.7. The van der Waals surface area contributed by atoms with Crippen molar-refractivity contribution in [3.8, 4) is 0 Å². The molecule has 1 rings (SSSR count). The predicted molar refractivity (Wildman–Crippen MR) is 149 cm³/mol. The summed E-state index contributed by atoms with van der Waals surface area (Å²) in [7, 11) is 0. The molecular formula is C30H52O11. The van der Waals surface area contributed by atoms with Gasteiger partial charge in [-0.05, 0) is 96.4 Å². The van der Waals surface area contributed by atoms with Crippen LogP contribution in [0.5, 0.6) is 0 Å². The van der Waals surface area contributed by atoms with E-state index in [0.717, 1.165) is 0 Å². The van der Waals surface area contributed by atoms with Crippen LogP contribution in [-0.4, -0.2) is 79.0 Å². The highest BCUT2D eigenvalue weighted by Gasteiger charge is 2.55. The molecule has 0 unspecified atom stereocenters. The van der Waals surface area contributed by atoms with E-state index < -0.39 is 82.3 Å². The van der Waals surface area contributed by atoms with E-state index in [1.807, 2.05) is 0 Å². The molecule has 0 amide bonds. The summed E-state index contributed by atoms with van der Waals surface area (Å²) in [6, 6.07) is 0. The summed E-state index contributed by atoms with van der Waals surface area (Å²) >= 11 is 0. The van der Waals surface area contributed by atoms with Crippen LogP contribution in [0.3, 0.4) is 0 Å². The van der Waals surface area contributed by atoms with E-state index in [1.54, 1.807) is 90.0 Å². The van der Waals surface area contributed by atoms with Crippen molar-refractivity contribution in [2.45, 2.75) is 133 Å². The second kappa shape index (κ2) is 13.8. The molecule has 0 bridgehead atoms. The van der Waals surface area contributed by atoms with Crippen molar-refractivity contribution in [3.05, 3.63) is 0 Å². The van der Waals surface area contributed by atoms with Crippen LogP contribution in [0.4, 0.5) is 0 Å². The standard InChI is InChI=1S/C30H52O11/c1-17(14-15-31)37-22-21(41-26(35)30(11,12)13)20(40-25(34)29(8,9)10)19(39-24(33)28(5,6)7)18(38-22)16-36-23(32)27(2,3)4/h17-22,31H,14-16H2,1-13H3/t17-,18+,19+,20-,21+,22+/m0/s1. The molecule has 0 spiro atoms. The van der Waals surface area contributed by atoms with Crippen molar-refractivity contribution < 1.29 is 52.7 Å². The lowest BCUT2D eigenvalue weighted by atomic mass is 9.93. The molecule has 1 fully saturated rings. The first kappa shape index (κ1) is 36.8. The van der Waals surface area contributed by atoms with Crippen LogP contribution >= 0.6 is 0 Å². The number of ether oxygens (including phenoxy) is 6. The van der Waals surface area contributed by atoms with Crippen molar-refractivity contribution in [3.63, 3.8) is 0 Å². The van der Waals surface area contributed by atoms with Gasteiger partial charge in [0.1, 0.15) is 12.7 Å². The second-order valence-electron chi connectivity index (χ2n) is 14.7. The van der Waals surface area contributed by atoms with Gasteiger partial charge in [0.25, 0.3) is 0 Å². The van der Waals surface area contributed by atoms with E-state index >= 15 is 0 Å². The fraction of sp³-hybridized carbons (Fsp3) is 0.867. The van der Waals surface area contributed by atoms with Gasteiger partial charge in [0, 0.05) is 6.61 Å². The molecule has 0 radical (unpaired) electrons. The Hall–Kier alpha value is -2.24. The zero-order valence-corrected chi connectivity index (χ0v) is 27.1. The van der Waals surface area contributed by atoms with Crippen molar-refractivity contribution in [1.29, 1.82) is 0 Å². The van der Waals surface area contributed by atoms with E-state index in [-0.39, 0.29) is 19.6 Å². The van der Waals surface area contributed by atoms with Gasteiger partial charge < -0.3 is 33.5 Å². The van der Waals surface area contributed by atoms with Crippen LogP contribution in [0, 0.1) is 21.7 Å². The van der Waals surface area contributed by atoms with E-state index in [0.29, 0.717) is 0 Å². The molecule has 0 aromatic rings. The first-order valence-electron chi connectivity index (χ1n) is 14.1. The van der Waals surface area contributed by atoms with E-state index in [1.165, 1.54) is 0 Å². The third-order valence-corrected chi connectivity index (χ3v) is 6.05. The highest BCUT2D eigenvalue weighted by molar-refractivity contribution is 5.78. The number of esters is 4. The summed E-state index contributed by atoms with van der Waals surface area (Å²) in [6.07, 6.45) is -6.86. The van der Waals surface area contributed by atoms with Crippen LogP contribution in [-0.2, 0) is 47.6 Å². The summed E-state index contributed by atoms with van der Waals surface area (Å²) in [5.41, 5.74) is -3.70. The maximum Gasteiger partial charge on any atom is 0.311 e. The Kier molecular flexibility index (Phi) is 12.4. The predicted octanol–water partition coefficient (Wildman–Crippen LogP) is 3.96. The Morgan fingerprint density at radius 2 is 1.05 bits per heavy atom. The lowest BCUT2D eigenvalue weighted by Gasteiger charge is -2.46. The summed E-state index contributed by atoms with van der Waals surface area (Å²) in [5, 5.41) is 9.45. The number of hydrogen-bond acceptors (Lipinski definition) is 11. The molecule has 1 aliphatic rings. The molecule has 238 valence electrons. The normalized spacial score (nSPS) is 24.7. The zero-order chi connectivity index (χ0) is 32.1. The molecular weight excluding hydrogens is 536 g/mol. The van der Waals surface area contributed by atoms with Gasteiger partial charge in [-0.2, -0.15) is 0 Å². The molecule has 1 heterocycles. The first-order chi connectivity index (χ1) is 18.4. The number of carbonyl (C=O) groups excluding carboxylic acids is 4. The van der Waals surface area contributed by atoms with Crippen LogP contribution in [0.2, 0.25) is 0 Å². The number of carbonyl (C=O) groups is 4. The van der Waals surface area contributed by atoms with Gasteiger partial charge >= 0.3 is 23.9 Å². The second-order valence-corrected chi connectivity index (χ2v) is 14.7. The molecule has 1 saturated heterocycles. The van der Waals surface area contributed by atoms with Gasteiger partial charge in [-0.1, -0.05) is 0 Å². The molecule has 11 heteroatoms. The topological polar surface area (TPSA) is 144 Å². The van der Waals surface area contributed by atoms with Crippen LogP contribution in [0.1, 0.15) is 96.4 Å². The third-order valence-electron chi connectivity index (χ3n) is 6.05. The average molecular weight is 589 g/mol. The molecule has 0 saturated carbocycles. The SMILES string of the molecule is C[C@@H](CCO)O[C@@H]1O[C@H](COC(=O)C(C)(C)C)[C@@H](OC(=O)C(C)(C)C)[C@H](OC(=O)C(C)(C)C)[C@H]1OC(=O)C(C)(C)C. The Morgan fingerprint density at radius 1 is 0.659 bits per heavy atom. The van der Waals surface area contributed by atoms with Crippen molar-refractivity contribution >= 4 is 23.9 Å². The quantitative estimate of drug-likeness (QED) is 0.309. The zero-order valence-electron chi connectivity index (χ0n) is 27.1. The summed E-state index contributed by atoms with van der Waals surface area (Å²) < 4.78 is 35.5. The maximum absolute atomic E-state index is 13.2. The third kappa shape index (κ3) is 11.2. The van der Waals surface area contributed by atoms with Crippen molar-refractivity contribution in [1.82, 2.24) is 0 Å². The van der Waals surface area contributed by atoms with Crippen LogP contribution in [0.15, 0.2) is 0 Å². The Bertz CT molecular complexity index is 915. The largest absolute Gasteiger partial charge is 0.462 e. The number of aliphatic hydroxyl groups excluding tert-OH is 1. The van der Waals surface area contributed by atoms with E-state index in [2.05, 4.69) is 0 Å². The molecule has 0 aliphatic carbocycles. The fourth-order valence-corrected chi connectivity index (χ4v) is 3.28. The smallest absolute Gasteiger partial charge is 0.311 e. The fourth-order valence-electron chi connectivity index (χ4n) is 3.28. The van der Waals surface area contributed by atoms with Crippen LogP contribution in [0.25, 0.3) is 0 Å². The molecule has 41 heavy (non-hydrogen) atoms. The number of hydrogen-bond donors (Lipinski definition) is 1. The minimum atomic E-state index is -1.38. The van der Waals surface area contributed by atoms with Gasteiger partial charge in [-0.15, -0.1) is 0 Å². The van der Waals surface area contributed by atoms with Gasteiger partial charge in [-0.3, -0.25) is 19.2 Å². The van der Waals surface area contributed by atoms with Gasteiger partial charge in [-0.25, -0.2) is 0 Å². The molecule has 11 nitrogen and oxygen atoms in total. The first-order valence-corrected chi connectivity index (χ1v) is 14.1. The maximum atomic E-state index is 13.2. The Balaban J connectivity index is 3.74. The summed E-state index contributed by atoms with van der Waals surface area (Å²) in [5.74, 6) is -2.45. The Labute approximate surface area is 244 Å². The summed E-state index contributed by atoms with van der Waals surface area (Å²) in [6.45, 7) is 21.1. The Morgan fingerprint density at radius 3 is 1.44 bits per heavy atom. The lowest BCUT2D eigenvalue weighted by Crippen LogP contribution is -2.64. The van der Waals surface area contributed by atoms with E-state index in [4.69, 9.17) is 28.4 Å². The van der Waals surface area contributed by atoms with E-state index in [9.17, 15) is 24.3 Å². The van der Waals surface area contributed by atoms with Crippen molar-refractivity contribution in [2.24, 2.45) is 21.7 Å². The molecule has 6 atom stereocenters. The summed E-state index contributed by atoms with van der Waals surface area (Å²) in [4.78, 5) is 52.1. The molecule has 1 aliphatic heterocycles. The average Bonchev–Trinajstić information content (AvgIpc) is 2.78. The lowest BCUT2D eigenvalue weighted by molar-refractivity contribution is -0.319. The monoisotopic (exact) mass is 588 g/mol. The highest BCUT2D eigenvalue weighted by Crippen LogP contribution is 2.35. The molecule has 1 N–H and O–H groups in total. The molecule has 0 aromatic heterocycles. The van der Waals surface area contributed by atoms with Crippen molar-refractivity contribution in [2.75, 3.05) is 13.2 Å². The van der Waals surface area contributed by atoms with Gasteiger partial charge in [0.15, 0.2) is 24.6 Å². The van der Waals surface area contributed by atoms with Crippen LogP contribution < -0.4 is 0 Å². The van der Waals surface area contributed by atoms with Gasteiger partial charge in [0.05, 0.1) is 27.8 Å². The minimum absolute atomic E-state index is 0.179. The molecule has 0 aromatic carbocycles. The minimum Gasteiger partial charge on any atom is -0.462 e. The van der Waals surface area contributed by atoms with Gasteiger partial charge in [0.2, 0.25) is 0 Å².